The van der Waals surface area contributed by atoms with Crippen LogP contribution in [-0.4, -0.2) is 6.17 Å². The second-order valence-corrected chi connectivity index (χ2v) is 1.72. The lowest BCUT2D eigenvalue weighted by Gasteiger charge is -2.02. The van der Waals surface area contributed by atoms with E-state index in [0.29, 0.717) is 0 Å². The molecule has 1 atom stereocenters. The van der Waals surface area contributed by atoms with Crippen LogP contribution in [-0.2, 0) is 0 Å². The summed E-state index contributed by atoms with van der Waals surface area (Å²) >= 11 is 0. The molecule has 44 valence electrons. The molecule has 0 saturated carbocycles. The predicted octanol–water partition coefficient (Wildman–Crippen LogP) is 2.14. The Kier molecular flexibility index (Phi) is 1.42. The van der Waals surface area contributed by atoms with E-state index >= 15 is 0 Å². The number of rotatable bonds is 0. The number of hydrogen-bond acceptors (Lipinski definition) is 0. The Hall–Kier alpha value is -0.660. The van der Waals surface area contributed by atoms with Gasteiger partial charge in [0.15, 0.2) is 0 Å². The Morgan fingerprint density at radius 1 is 1.62 bits per heavy atom. The predicted molar refractivity (Wildman–Crippen MR) is 27.8 cm³/mol. The van der Waals surface area contributed by atoms with E-state index in [1.165, 1.54) is 18.2 Å². The van der Waals surface area contributed by atoms with Crippen molar-refractivity contribution in [3.8, 4) is 0 Å². The van der Waals surface area contributed by atoms with E-state index in [4.69, 9.17) is 0 Å². The molecule has 0 N–H and O–H groups in total. The maximum absolute atomic E-state index is 12.1. The molecule has 2 heteroatoms. The Bertz CT molecular complexity index is 135. The molecule has 0 nitrogen and oxygen atoms in total. The molecule has 0 aromatic carbocycles. The number of alkyl halides is 1. The summed E-state index contributed by atoms with van der Waals surface area (Å²) < 4.78 is 24.1. The van der Waals surface area contributed by atoms with Gasteiger partial charge < -0.3 is 0 Å². The molecule has 8 heavy (non-hydrogen) atoms. The topological polar surface area (TPSA) is 0 Å². The van der Waals surface area contributed by atoms with E-state index < -0.39 is 6.17 Å². The van der Waals surface area contributed by atoms with Gasteiger partial charge in [0.2, 0.25) is 0 Å². The standard InChI is InChI=1S/C6H6F2/c7-5-2-1-3-6(8)4-5/h1-3,5H,4H2/t5-/m0/s1. The Morgan fingerprint density at radius 3 is 2.75 bits per heavy atom. The first kappa shape index (κ1) is 5.48. The summed E-state index contributed by atoms with van der Waals surface area (Å²) in [6, 6.07) is 0. The zero-order valence-corrected chi connectivity index (χ0v) is 4.27. The summed E-state index contributed by atoms with van der Waals surface area (Å²) in [4.78, 5) is 0. The molecule has 1 aliphatic carbocycles. The molecule has 0 fully saturated rings. The van der Waals surface area contributed by atoms with Gasteiger partial charge in [-0.2, -0.15) is 0 Å². The molecule has 0 aromatic heterocycles. The van der Waals surface area contributed by atoms with Crippen LogP contribution in [0.4, 0.5) is 8.78 Å². The first-order valence-electron chi connectivity index (χ1n) is 2.46. The van der Waals surface area contributed by atoms with Crippen LogP contribution in [0.15, 0.2) is 24.1 Å². The molecule has 0 amide bonds. The van der Waals surface area contributed by atoms with Crippen molar-refractivity contribution >= 4 is 0 Å². The van der Waals surface area contributed by atoms with Crippen molar-refractivity contribution in [2.24, 2.45) is 0 Å². The van der Waals surface area contributed by atoms with Gasteiger partial charge in [-0.3, -0.25) is 0 Å². The fourth-order valence-electron chi connectivity index (χ4n) is 0.603. The highest BCUT2D eigenvalue weighted by Crippen LogP contribution is 2.15. The van der Waals surface area contributed by atoms with Gasteiger partial charge in [0.25, 0.3) is 0 Å². The van der Waals surface area contributed by atoms with Crippen LogP contribution in [0, 0.1) is 0 Å². The van der Waals surface area contributed by atoms with Gasteiger partial charge in [0.05, 0.1) is 0 Å². The van der Waals surface area contributed by atoms with Crippen LogP contribution in [0.3, 0.4) is 0 Å². The molecule has 0 radical (unpaired) electrons. The third-order valence-electron chi connectivity index (χ3n) is 0.987. The third-order valence-corrected chi connectivity index (χ3v) is 0.987. The van der Waals surface area contributed by atoms with Gasteiger partial charge >= 0.3 is 0 Å². The van der Waals surface area contributed by atoms with Gasteiger partial charge in [-0.05, 0) is 6.08 Å². The molecule has 0 unspecified atom stereocenters. The van der Waals surface area contributed by atoms with Crippen molar-refractivity contribution in [3.63, 3.8) is 0 Å². The molecule has 0 bridgehead atoms. The zero-order valence-electron chi connectivity index (χ0n) is 4.27. The van der Waals surface area contributed by atoms with E-state index in [0.717, 1.165) is 0 Å². The Labute approximate surface area is 46.5 Å². The van der Waals surface area contributed by atoms with Crippen molar-refractivity contribution in [3.05, 3.63) is 24.1 Å². The molecular formula is C6H6F2. The van der Waals surface area contributed by atoms with Gasteiger partial charge in [-0.25, -0.2) is 8.78 Å². The summed E-state index contributed by atoms with van der Waals surface area (Å²) in [5.74, 6) is -0.375. The second kappa shape index (κ2) is 2.07. The fourth-order valence-corrected chi connectivity index (χ4v) is 0.603. The lowest BCUT2D eigenvalue weighted by molar-refractivity contribution is 0.369. The van der Waals surface area contributed by atoms with Gasteiger partial charge in [0.1, 0.15) is 12.0 Å². The first-order chi connectivity index (χ1) is 3.79. The van der Waals surface area contributed by atoms with Gasteiger partial charge in [-0.15, -0.1) is 0 Å². The largest absolute Gasteiger partial charge is 0.242 e. The number of halogens is 2. The van der Waals surface area contributed by atoms with E-state index in [-0.39, 0.29) is 12.2 Å². The number of allylic oxidation sites excluding steroid dienone is 4. The van der Waals surface area contributed by atoms with Crippen LogP contribution >= 0.6 is 0 Å². The maximum atomic E-state index is 12.1. The molecule has 0 aromatic rings. The summed E-state index contributed by atoms with van der Waals surface area (Å²) in [5, 5.41) is 0. The van der Waals surface area contributed by atoms with Crippen LogP contribution < -0.4 is 0 Å². The highest BCUT2D eigenvalue weighted by molar-refractivity contribution is 5.15. The highest BCUT2D eigenvalue weighted by atomic mass is 19.1. The minimum Gasteiger partial charge on any atom is -0.242 e. The van der Waals surface area contributed by atoms with Gasteiger partial charge in [0, 0.05) is 6.42 Å². The Morgan fingerprint density at radius 2 is 2.38 bits per heavy atom. The average molecular weight is 116 g/mol. The van der Waals surface area contributed by atoms with E-state index in [1.807, 2.05) is 0 Å². The normalized spacial score (nSPS) is 27.8. The lowest BCUT2D eigenvalue weighted by Crippen LogP contribution is -1.97. The van der Waals surface area contributed by atoms with Crippen LogP contribution in [0.25, 0.3) is 0 Å². The SMILES string of the molecule is FC1=CC=C[C@H](F)C1. The monoisotopic (exact) mass is 116 g/mol. The highest BCUT2D eigenvalue weighted by Gasteiger charge is 2.07. The average Bonchev–Trinajstić information content (AvgIpc) is 1.64. The van der Waals surface area contributed by atoms with Crippen LogP contribution in [0.5, 0.6) is 0 Å². The van der Waals surface area contributed by atoms with E-state index in [9.17, 15) is 8.78 Å². The minimum absolute atomic E-state index is 0.0868. The molecule has 1 aliphatic rings. The third kappa shape index (κ3) is 1.15. The van der Waals surface area contributed by atoms with E-state index in [1.54, 1.807) is 0 Å². The quantitative estimate of drug-likeness (QED) is 0.454. The van der Waals surface area contributed by atoms with Crippen molar-refractivity contribution in [1.82, 2.24) is 0 Å². The number of hydrogen-bond donors (Lipinski definition) is 0. The summed E-state index contributed by atoms with van der Waals surface area (Å²) in [6.45, 7) is 0. The molecular weight excluding hydrogens is 110 g/mol. The molecule has 0 spiro atoms. The molecule has 0 heterocycles. The molecule has 0 aliphatic heterocycles. The van der Waals surface area contributed by atoms with Crippen molar-refractivity contribution in [2.45, 2.75) is 12.6 Å². The Balaban J connectivity index is 2.59. The first-order valence-corrected chi connectivity index (χ1v) is 2.46. The van der Waals surface area contributed by atoms with Gasteiger partial charge in [-0.1, -0.05) is 12.2 Å². The van der Waals surface area contributed by atoms with Crippen LogP contribution in [0.2, 0.25) is 0 Å². The fraction of sp³-hybridized carbons (Fsp3) is 0.333. The minimum atomic E-state index is -1.11. The lowest BCUT2D eigenvalue weighted by atomic mass is 10.1. The van der Waals surface area contributed by atoms with Crippen LogP contribution in [0.1, 0.15) is 6.42 Å². The zero-order chi connectivity index (χ0) is 5.98. The van der Waals surface area contributed by atoms with E-state index in [2.05, 4.69) is 0 Å². The summed E-state index contributed by atoms with van der Waals surface area (Å²) in [6.07, 6.45) is 2.80. The molecule has 1 rings (SSSR count). The molecule has 0 saturated heterocycles. The summed E-state index contributed by atoms with van der Waals surface area (Å²) in [7, 11) is 0. The maximum Gasteiger partial charge on any atom is 0.125 e. The summed E-state index contributed by atoms with van der Waals surface area (Å²) in [5.41, 5.74) is 0. The van der Waals surface area contributed by atoms with Crippen molar-refractivity contribution in [2.75, 3.05) is 0 Å². The van der Waals surface area contributed by atoms with Crippen molar-refractivity contribution < 1.29 is 8.78 Å². The smallest absolute Gasteiger partial charge is 0.125 e. The second-order valence-electron chi connectivity index (χ2n) is 1.72. The van der Waals surface area contributed by atoms with Crippen molar-refractivity contribution in [1.29, 1.82) is 0 Å².